The highest BCUT2D eigenvalue weighted by Crippen LogP contribution is 2.28. The van der Waals surface area contributed by atoms with Crippen LogP contribution in [-0.4, -0.2) is 30.1 Å². The van der Waals surface area contributed by atoms with Crippen molar-refractivity contribution in [3.63, 3.8) is 0 Å². The summed E-state index contributed by atoms with van der Waals surface area (Å²) in [5, 5.41) is 8.86. The summed E-state index contributed by atoms with van der Waals surface area (Å²) >= 11 is 5.95. The summed E-state index contributed by atoms with van der Waals surface area (Å²) in [6, 6.07) is 7.39. The minimum absolute atomic E-state index is 0.0262. The van der Waals surface area contributed by atoms with Gasteiger partial charge in [-0.1, -0.05) is 36.1 Å². The average Bonchev–Trinajstić information content (AvgIpc) is 3.22. The Balaban J connectivity index is 1.62. The molecule has 0 saturated heterocycles. The molecule has 2 heterocycles. The molecule has 1 saturated carbocycles. The number of hydrogen-bond donors (Lipinski definition) is 0. The molecule has 0 atom stereocenters. The zero-order valence-electron chi connectivity index (χ0n) is 17.6. The standard InChI is InChI=1S/C22H26ClN5O2/c1-14-19(22(30)28(26(14)3)18-7-5-4-6-8-18)13-20(29)21-15(2)27(25-24-21)17-11-9-16(23)10-12-17/h9-12,18H,4-8,13H2,1-3H3. The van der Waals surface area contributed by atoms with Gasteiger partial charge in [0, 0.05) is 29.7 Å². The van der Waals surface area contributed by atoms with Gasteiger partial charge in [-0.05, 0) is 51.0 Å². The monoisotopic (exact) mass is 427 g/mol. The maximum atomic E-state index is 13.2. The topological polar surface area (TPSA) is 74.7 Å². The second-order valence-corrected chi connectivity index (χ2v) is 8.48. The number of nitrogens with zero attached hydrogens (tertiary/aromatic N) is 5. The molecule has 3 aromatic rings. The lowest BCUT2D eigenvalue weighted by molar-refractivity contribution is 0.0987. The van der Waals surface area contributed by atoms with Gasteiger partial charge in [0.25, 0.3) is 5.56 Å². The molecule has 30 heavy (non-hydrogen) atoms. The molecular weight excluding hydrogens is 402 g/mol. The van der Waals surface area contributed by atoms with Crippen molar-refractivity contribution in [1.82, 2.24) is 24.4 Å². The first-order valence-electron chi connectivity index (χ1n) is 10.4. The van der Waals surface area contributed by atoms with E-state index in [1.165, 1.54) is 6.42 Å². The van der Waals surface area contributed by atoms with Crippen LogP contribution in [0.25, 0.3) is 5.69 Å². The first-order valence-corrected chi connectivity index (χ1v) is 10.7. The number of halogens is 1. The van der Waals surface area contributed by atoms with Crippen LogP contribution in [0, 0.1) is 13.8 Å². The van der Waals surface area contributed by atoms with Gasteiger partial charge in [0.1, 0.15) is 0 Å². The zero-order chi connectivity index (χ0) is 21.4. The molecule has 8 heteroatoms. The Kier molecular flexibility index (Phi) is 5.64. The van der Waals surface area contributed by atoms with Crippen LogP contribution in [0.5, 0.6) is 0 Å². The van der Waals surface area contributed by atoms with Crippen LogP contribution in [0.4, 0.5) is 0 Å². The Hall–Kier alpha value is -2.67. The lowest BCUT2D eigenvalue weighted by Crippen LogP contribution is -2.29. The van der Waals surface area contributed by atoms with Crippen LogP contribution in [0.2, 0.25) is 5.02 Å². The van der Waals surface area contributed by atoms with E-state index in [0.29, 0.717) is 16.3 Å². The van der Waals surface area contributed by atoms with Crippen molar-refractivity contribution in [2.24, 2.45) is 7.05 Å². The fourth-order valence-electron chi connectivity index (χ4n) is 4.38. The van der Waals surface area contributed by atoms with Gasteiger partial charge in [-0.15, -0.1) is 5.10 Å². The maximum absolute atomic E-state index is 13.2. The molecule has 4 rings (SSSR count). The highest BCUT2D eigenvalue weighted by Gasteiger charge is 2.26. The van der Waals surface area contributed by atoms with Crippen molar-refractivity contribution in [1.29, 1.82) is 0 Å². The molecule has 0 radical (unpaired) electrons. The van der Waals surface area contributed by atoms with Crippen LogP contribution in [0.1, 0.15) is 65.6 Å². The number of rotatable bonds is 5. The minimum atomic E-state index is -0.200. The van der Waals surface area contributed by atoms with Gasteiger partial charge in [0.15, 0.2) is 11.5 Å². The molecule has 1 aliphatic rings. The van der Waals surface area contributed by atoms with Gasteiger partial charge < -0.3 is 0 Å². The van der Waals surface area contributed by atoms with Crippen molar-refractivity contribution in [3.05, 3.63) is 62.3 Å². The van der Waals surface area contributed by atoms with Crippen LogP contribution < -0.4 is 5.56 Å². The van der Waals surface area contributed by atoms with Gasteiger partial charge >= 0.3 is 0 Å². The Bertz CT molecular complexity index is 1130. The van der Waals surface area contributed by atoms with Crippen molar-refractivity contribution < 1.29 is 4.79 Å². The highest BCUT2D eigenvalue weighted by molar-refractivity contribution is 6.30. The molecule has 0 aliphatic heterocycles. The Morgan fingerprint density at radius 1 is 1.10 bits per heavy atom. The predicted octanol–water partition coefficient (Wildman–Crippen LogP) is 3.97. The fraction of sp³-hybridized carbons (Fsp3) is 0.455. The SMILES string of the molecule is Cc1c(C(=O)Cc2c(C)n(C)n(C3CCCCC3)c2=O)nnn1-c1ccc(Cl)cc1. The Labute approximate surface area is 180 Å². The average molecular weight is 428 g/mol. The Morgan fingerprint density at radius 2 is 1.77 bits per heavy atom. The van der Waals surface area contributed by atoms with E-state index in [9.17, 15) is 9.59 Å². The molecular formula is C22H26ClN5O2. The smallest absolute Gasteiger partial charge is 0.270 e. The quantitative estimate of drug-likeness (QED) is 0.577. The van der Waals surface area contributed by atoms with Gasteiger partial charge in [-0.2, -0.15) is 0 Å². The summed E-state index contributed by atoms with van der Waals surface area (Å²) in [6.07, 6.45) is 5.56. The first-order chi connectivity index (χ1) is 14.4. The van der Waals surface area contributed by atoms with Gasteiger partial charge in [-0.25, -0.2) is 9.36 Å². The third kappa shape index (κ3) is 3.62. The number of hydrogen-bond acceptors (Lipinski definition) is 4. The molecule has 1 fully saturated rings. The maximum Gasteiger partial charge on any atom is 0.270 e. The van der Waals surface area contributed by atoms with Crippen molar-refractivity contribution in [2.75, 3.05) is 0 Å². The first kappa shape index (κ1) is 20.6. The molecule has 7 nitrogen and oxygen atoms in total. The van der Waals surface area contributed by atoms with Gasteiger partial charge in [0.05, 0.1) is 17.4 Å². The molecule has 2 aromatic heterocycles. The number of aromatic nitrogens is 5. The second-order valence-electron chi connectivity index (χ2n) is 8.04. The van der Waals surface area contributed by atoms with E-state index in [0.717, 1.165) is 37.1 Å². The fourth-order valence-corrected chi connectivity index (χ4v) is 4.51. The number of Topliss-reactive ketones (excluding diaryl/α,β-unsaturated/α-hetero) is 1. The molecule has 158 valence electrons. The molecule has 0 unspecified atom stereocenters. The summed E-state index contributed by atoms with van der Waals surface area (Å²) in [4.78, 5) is 26.2. The van der Waals surface area contributed by atoms with E-state index in [4.69, 9.17) is 11.6 Å². The summed E-state index contributed by atoms with van der Waals surface area (Å²) in [5.74, 6) is -0.200. The number of carbonyl (C=O) groups is 1. The molecule has 0 spiro atoms. The number of ketones is 1. The minimum Gasteiger partial charge on any atom is -0.292 e. The van der Waals surface area contributed by atoms with Crippen LogP contribution in [-0.2, 0) is 13.5 Å². The lowest BCUT2D eigenvalue weighted by atomic mass is 9.96. The van der Waals surface area contributed by atoms with Crippen molar-refractivity contribution >= 4 is 17.4 Å². The summed E-state index contributed by atoms with van der Waals surface area (Å²) in [7, 11) is 1.90. The normalized spacial score (nSPS) is 14.9. The molecule has 0 N–H and O–H groups in total. The zero-order valence-corrected chi connectivity index (χ0v) is 18.3. The summed E-state index contributed by atoms with van der Waals surface area (Å²) in [6.45, 7) is 3.71. The van der Waals surface area contributed by atoms with E-state index in [2.05, 4.69) is 10.3 Å². The van der Waals surface area contributed by atoms with E-state index in [1.807, 2.05) is 35.5 Å². The molecule has 1 aliphatic carbocycles. The third-order valence-corrected chi connectivity index (χ3v) is 6.45. The van der Waals surface area contributed by atoms with Crippen LogP contribution in [0.15, 0.2) is 29.1 Å². The molecule has 1 aromatic carbocycles. The molecule has 0 bridgehead atoms. The van der Waals surface area contributed by atoms with Crippen LogP contribution in [0.3, 0.4) is 0 Å². The lowest BCUT2D eigenvalue weighted by Gasteiger charge is -2.24. The van der Waals surface area contributed by atoms with E-state index in [1.54, 1.807) is 23.7 Å². The van der Waals surface area contributed by atoms with Gasteiger partial charge in [-0.3, -0.25) is 14.3 Å². The predicted molar refractivity (Wildman–Crippen MR) is 116 cm³/mol. The number of benzene rings is 1. The van der Waals surface area contributed by atoms with Crippen LogP contribution >= 0.6 is 11.6 Å². The third-order valence-electron chi connectivity index (χ3n) is 6.20. The summed E-state index contributed by atoms with van der Waals surface area (Å²) < 4.78 is 5.37. The largest absolute Gasteiger partial charge is 0.292 e. The van der Waals surface area contributed by atoms with E-state index < -0.39 is 0 Å². The van der Waals surface area contributed by atoms with Crippen molar-refractivity contribution in [3.8, 4) is 5.69 Å². The number of carbonyl (C=O) groups excluding carboxylic acids is 1. The Morgan fingerprint density at radius 3 is 2.43 bits per heavy atom. The summed E-state index contributed by atoms with van der Waals surface area (Å²) in [5.41, 5.74) is 3.03. The van der Waals surface area contributed by atoms with Crippen molar-refractivity contribution in [2.45, 2.75) is 58.4 Å². The molecule has 0 amide bonds. The second kappa shape index (κ2) is 8.22. The van der Waals surface area contributed by atoms with E-state index >= 15 is 0 Å². The van der Waals surface area contributed by atoms with Gasteiger partial charge in [0.2, 0.25) is 0 Å². The highest BCUT2D eigenvalue weighted by atomic mass is 35.5. The van der Waals surface area contributed by atoms with E-state index in [-0.39, 0.29) is 29.5 Å².